The Kier molecular flexibility index (Phi) is 6.64. The van der Waals surface area contributed by atoms with E-state index >= 15 is 0 Å². The van der Waals surface area contributed by atoms with Crippen LogP contribution < -0.4 is 15.6 Å². The summed E-state index contributed by atoms with van der Waals surface area (Å²) in [5, 5.41) is 14.3. The van der Waals surface area contributed by atoms with Crippen molar-refractivity contribution in [3.8, 4) is 0 Å². The summed E-state index contributed by atoms with van der Waals surface area (Å²) in [7, 11) is -3.92. The van der Waals surface area contributed by atoms with Gasteiger partial charge in [0.2, 0.25) is 11.6 Å². The van der Waals surface area contributed by atoms with Crippen LogP contribution in [-0.4, -0.2) is 29.9 Å². The lowest BCUT2D eigenvalue weighted by Gasteiger charge is -2.12. The quantitative estimate of drug-likeness (QED) is 0.435. The number of benzene rings is 1. The van der Waals surface area contributed by atoms with E-state index < -0.39 is 20.6 Å². The van der Waals surface area contributed by atoms with Gasteiger partial charge in [0.1, 0.15) is 6.33 Å². The van der Waals surface area contributed by atoms with Crippen LogP contribution >= 0.6 is 0 Å². The third-order valence-electron chi connectivity index (χ3n) is 3.65. The van der Waals surface area contributed by atoms with Crippen LogP contribution in [0, 0.1) is 23.0 Å². The van der Waals surface area contributed by atoms with E-state index in [1.54, 1.807) is 12.1 Å². The molecule has 0 fully saturated rings. The second-order valence-electron chi connectivity index (χ2n) is 6.33. The van der Waals surface area contributed by atoms with Gasteiger partial charge in [-0.3, -0.25) is 15.5 Å². The summed E-state index contributed by atoms with van der Waals surface area (Å²) >= 11 is 0. The molecule has 0 spiro atoms. The van der Waals surface area contributed by atoms with Gasteiger partial charge in [-0.25, -0.2) is 18.4 Å². The van der Waals surface area contributed by atoms with Crippen LogP contribution in [0.3, 0.4) is 0 Å². The normalized spacial score (nSPS) is 11.4. The molecule has 27 heavy (non-hydrogen) atoms. The first-order valence-corrected chi connectivity index (χ1v) is 9.76. The van der Waals surface area contributed by atoms with E-state index in [1.807, 2.05) is 20.8 Å². The Hall–Kier alpha value is -2.79. The Morgan fingerprint density at radius 1 is 1.15 bits per heavy atom. The first-order valence-electron chi connectivity index (χ1n) is 8.28. The van der Waals surface area contributed by atoms with Crippen LogP contribution in [0.5, 0.6) is 0 Å². The SMILES string of the molecule is Cc1ccc(S(=O)(=O)NNc2ncnc(NCCC(C)C)c2[N+](=O)[O-])cc1. The fraction of sp³-hybridized carbons (Fsp3) is 0.375. The van der Waals surface area contributed by atoms with Gasteiger partial charge in [0.05, 0.1) is 9.82 Å². The molecule has 1 aromatic carbocycles. The first-order chi connectivity index (χ1) is 12.7. The molecule has 10 nitrogen and oxygen atoms in total. The van der Waals surface area contributed by atoms with E-state index in [-0.39, 0.29) is 16.5 Å². The fourth-order valence-corrected chi connectivity index (χ4v) is 2.99. The number of hydrogen-bond donors (Lipinski definition) is 3. The molecule has 2 rings (SSSR count). The van der Waals surface area contributed by atoms with Crippen LogP contribution in [0.15, 0.2) is 35.5 Å². The lowest BCUT2D eigenvalue weighted by Crippen LogP contribution is -2.30. The molecule has 0 amide bonds. The van der Waals surface area contributed by atoms with E-state index in [0.717, 1.165) is 18.3 Å². The van der Waals surface area contributed by atoms with E-state index in [4.69, 9.17) is 0 Å². The molecule has 0 unspecified atom stereocenters. The number of anilines is 2. The summed E-state index contributed by atoms with van der Waals surface area (Å²) in [6.07, 6.45) is 1.91. The minimum atomic E-state index is -3.92. The van der Waals surface area contributed by atoms with Gasteiger partial charge >= 0.3 is 5.69 Å². The highest BCUT2D eigenvalue weighted by Gasteiger charge is 2.24. The number of nitrogens with zero attached hydrogens (tertiary/aromatic N) is 3. The second kappa shape index (κ2) is 8.73. The third-order valence-corrected chi connectivity index (χ3v) is 4.92. The molecule has 146 valence electrons. The summed E-state index contributed by atoms with van der Waals surface area (Å²) in [4.78, 5) is 20.6. The molecular weight excluding hydrogens is 372 g/mol. The molecule has 3 N–H and O–H groups in total. The molecule has 0 aliphatic heterocycles. The van der Waals surface area contributed by atoms with Crippen molar-refractivity contribution in [1.82, 2.24) is 14.8 Å². The summed E-state index contributed by atoms with van der Waals surface area (Å²) < 4.78 is 24.7. The van der Waals surface area contributed by atoms with Gasteiger partial charge in [-0.2, -0.15) is 0 Å². The van der Waals surface area contributed by atoms with Crippen molar-refractivity contribution in [3.05, 3.63) is 46.3 Å². The molecule has 0 radical (unpaired) electrons. The monoisotopic (exact) mass is 394 g/mol. The Labute approximate surface area is 157 Å². The lowest BCUT2D eigenvalue weighted by molar-refractivity contribution is -0.383. The minimum Gasteiger partial charge on any atom is -0.364 e. The molecule has 1 aromatic heterocycles. The van der Waals surface area contributed by atoms with Gasteiger partial charge < -0.3 is 5.32 Å². The highest BCUT2D eigenvalue weighted by Crippen LogP contribution is 2.28. The summed E-state index contributed by atoms with van der Waals surface area (Å²) in [5.41, 5.74) is 2.79. The first kappa shape index (κ1) is 20.5. The average Bonchev–Trinajstić information content (AvgIpc) is 2.60. The van der Waals surface area contributed by atoms with E-state index in [1.165, 1.54) is 12.1 Å². The van der Waals surface area contributed by atoms with Crippen molar-refractivity contribution in [2.75, 3.05) is 17.3 Å². The maximum absolute atomic E-state index is 12.3. The lowest BCUT2D eigenvalue weighted by atomic mass is 10.1. The van der Waals surface area contributed by atoms with Crippen LogP contribution in [0.4, 0.5) is 17.3 Å². The molecule has 0 atom stereocenters. The predicted octanol–water partition coefficient (Wildman–Crippen LogP) is 2.46. The number of rotatable bonds is 9. The molecule has 0 saturated heterocycles. The summed E-state index contributed by atoms with van der Waals surface area (Å²) in [6.45, 7) is 6.38. The highest BCUT2D eigenvalue weighted by atomic mass is 32.2. The number of sulfonamides is 1. The van der Waals surface area contributed by atoms with Crippen molar-refractivity contribution >= 4 is 27.3 Å². The minimum absolute atomic E-state index is 0.0209. The summed E-state index contributed by atoms with van der Waals surface area (Å²) in [5.74, 6) is 0.183. The van der Waals surface area contributed by atoms with Crippen molar-refractivity contribution < 1.29 is 13.3 Å². The summed E-state index contributed by atoms with van der Waals surface area (Å²) in [6, 6.07) is 6.18. The predicted molar refractivity (Wildman–Crippen MR) is 102 cm³/mol. The maximum atomic E-state index is 12.3. The van der Waals surface area contributed by atoms with Crippen molar-refractivity contribution in [3.63, 3.8) is 0 Å². The van der Waals surface area contributed by atoms with Crippen molar-refractivity contribution in [2.45, 2.75) is 32.1 Å². The van der Waals surface area contributed by atoms with Gasteiger partial charge in [-0.05, 0) is 31.4 Å². The van der Waals surface area contributed by atoms with Gasteiger partial charge in [0.15, 0.2) is 0 Å². The van der Waals surface area contributed by atoms with Gasteiger partial charge in [0, 0.05) is 6.54 Å². The van der Waals surface area contributed by atoms with Crippen molar-refractivity contribution in [2.24, 2.45) is 5.92 Å². The molecule has 2 aromatic rings. The van der Waals surface area contributed by atoms with Crippen LogP contribution in [-0.2, 0) is 10.0 Å². The van der Waals surface area contributed by atoms with Gasteiger partial charge in [-0.1, -0.05) is 31.5 Å². The Morgan fingerprint density at radius 2 is 1.78 bits per heavy atom. The number of nitrogens with one attached hydrogen (secondary N) is 3. The second-order valence-corrected chi connectivity index (χ2v) is 8.01. The Balaban J connectivity index is 2.20. The van der Waals surface area contributed by atoms with E-state index in [2.05, 4.69) is 25.5 Å². The fourth-order valence-electron chi connectivity index (χ4n) is 2.14. The van der Waals surface area contributed by atoms with E-state index in [9.17, 15) is 18.5 Å². The average molecular weight is 394 g/mol. The Bertz CT molecular complexity index is 900. The number of hydrogen-bond acceptors (Lipinski definition) is 8. The molecule has 1 heterocycles. The molecular formula is C16H22N6O4S. The van der Waals surface area contributed by atoms with E-state index in [0.29, 0.717) is 12.5 Å². The van der Waals surface area contributed by atoms with Crippen LogP contribution in [0.1, 0.15) is 25.8 Å². The number of nitro groups is 1. The maximum Gasteiger partial charge on any atom is 0.354 e. The standard InChI is InChI=1S/C16H22N6O4S/c1-11(2)8-9-17-15-14(22(23)24)16(19-10-18-15)20-21-27(25,26)13-6-4-12(3)5-7-13/h4-7,10-11,21H,8-9H2,1-3H3,(H2,17,18,19,20). The molecule has 0 aliphatic rings. The zero-order valence-electron chi connectivity index (χ0n) is 15.3. The smallest absolute Gasteiger partial charge is 0.354 e. The molecule has 0 bridgehead atoms. The van der Waals surface area contributed by atoms with Gasteiger partial charge in [0.25, 0.3) is 10.0 Å². The van der Waals surface area contributed by atoms with Crippen LogP contribution in [0.25, 0.3) is 0 Å². The number of hydrazine groups is 1. The van der Waals surface area contributed by atoms with Crippen molar-refractivity contribution in [1.29, 1.82) is 0 Å². The zero-order chi connectivity index (χ0) is 20.0. The topological polar surface area (TPSA) is 139 Å². The number of aromatic nitrogens is 2. The Morgan fingerprint density at radius 3 is 2.37 bits per heavy atom. The third kappa shape index (κ3) is 5.59. The van der Waals surface area contributed by atoms with Gasteiger partial charge in [-0.15, -0.1) is 4.83 Å². The number of aryl methyl sites for hydroxylation is 1. The largest absolute Gasteiger partial charge is 0.364 e. The zero-order valence-corrected chi connectivity index (χ0v) is 16.1. The molecule has 11 heteroatoms. The molecule has 0 saturated carbocycles. The van der Waals surface area contributed by atoms with Crippen LogP contribution in [0.2, 0.25) is 0 Å². The highest BCUT2D eigenvalue weighted by molar-refractivity contribution is 7.89. The molecule has 0 aliphatic carbocycles.